The van der Waals surface area contributed by atoms with E-state index in [0.717, 1.165) is 32.6 Å². The molecule has 2 saturated heterocycles. The van der Waals surface area contributed by atoms with Crippen LogP contribution in [0.3, 0.4) is 0 Å². The van der Waals surface area contributed by atoms with Gasteiger partial charge in [-0.15, -0.1) is 0 Å². The zero-order valence-electron chi connectivity index (χ0n) is 13.9. The van der Waals surface area contributed by atoms with Gasteiger partial charge in [0.05, 0.1) is 4.90 Å². The topological polar surface area (TPSA) is 95.7 Å². The van der Waals surface area contributed by atoms with Crippen LogP contribution in [0.25, 0.3) is 0 Å². The highest BCUT2D eigenvalue weighted by atomic mass is 32.2. The summed E-state index contributed by atoms with van der Waals surface area (Å²) in [5, 5.41) is 3.34. The van der Waals surface area contributed by atoms with E-state index in [0.29, 0.717) is 24.7 Å². The number of carbonyl (C=O) groups is 1. The fourth-order valence-corrected chi connectivity index (χ4v) is 4.89. The number of amides is 1. The number of benzene rings is 1. The van der Waals surface area contributed by atoms with Crippen LogP contribution >= 0.6 is 0 Å². The average Bonchev–Trinajstić information content (AvgIpc) is 3.09. The number of primary amides is 1. The SMILES string of the molecule is Cc1ccc(S(=O)(=O)N2CCN(C3CCNC3)CC2)cc1C(N)=O. The largest absolute Gasteiger partial charge is 0.366 e. The Bertz CT molecular complexity index is 721. The van der Waals surface area contributed by atoms with Crippen LogP contribution in [0.1, 0.15) is 22.3 Å². The molecular formula is C16H24N4O3S. The average molecular weight is 352 g/mol. The first-order valence-electron chi connectivity index (χ1n) is 8.25. The molecule has 8 heteroatoms. The first kappa shape index (κ1) is 17.3. The maximum absolute atomic E-state index is 12.8. The van der Waals surface area contributed by atoms with Crippen molar-refractivity contribution in [2.75, 3.05) is 39.3 Å². The molecule has 2 aliphatic rings. The number of hydrogen-bond acceptors (Lipinski definition) is 5. The summed E-state index contributed by atoms with van der Waals surface area (Å²) in [5.41, 5.74) is 6.27. The van der Waals surface area contributed by atoms with E-state index in [9.17, 15) is 13.2 Å². The van der Waals surface area contributed by atoms with Gasteiger partial charge in [-0.3, -0.25) is 9.69 Å². The summed E-state index contributed by atoms with van der Waals surface area (Å²) in [6.45, 7) is 6.16. The van der Waals surface area contributed by atoms with E-state index < -0.39 is 15.9 Å². The molecule has 2 aliphatic heterocycles. The summed E-state index contributed by atoms with van der Waals surface area (Å²) in [5.74, 6) is -0.608. The summed E-state index contributed by atoms with van der Waals surface area (Å²) >= 11 is 0. The van der Waals surface area contributed by atoms with E-state index in [2.05, 4.69) is 10.2 Å². The minimum absolute atomic E-state index is 0.137. The van der Waals surface area contributed by atoms with E-state index in [4.69, 9.17) is 5.73 Å². The third-order valence-electron chi connectivity index (χ3n) is 4.94. The highest BCUT2D eigenvalue weighted by Gasteiger charge is 2.32. The molecule has 2 fully saturated rings. The fourth-order valence-electron chi connectivity index (χ4n) is 3.44. The number of carbonyl (C=O) groups excluding carboxylic acids is 1. The van der Waals surface area contributed by atoms with Crippen molar-refractivity contribution in [3.63, 3.8) is 0 Å². The van der Waals surface area contributed by atoms with Gasteiger partial charge in [-0.25, -0.2) is 8.42 Å². The molecule has 0 radical (unpaired) electrons. The standard InChI is InChI=1S/C16H24N4O3S/c1-12-2-3-14(10-15(12)16(17)21)24(22,23)20-8-6-19(7-9-20)13-4-5-18-11-13/h2-3,10,13,18H,4-9,11H2,1H3,(H2,17,21). The van der Waals surface area contributed by atoms with Gasteiger partial charge in [0.25, 0.3) is 0 Å². The van der Waals surface area contributed by atoms with Crippen molar-refractivity contribution in [3.8, 4) is 0 Å². The molecule has 0 aromatic heterocycles. The second-order valence-electron chi connectivity index (χ2n) is 6.43. The Morgan fingerprint density at radius 3 is 2.54 bits per heavy atom. The molecule has 7 nitrogen and oxygen atoms in total. The Hall–Kier alpha value is -1.48. The lowest BCUT2D eigenvalue weighted by Gasteiger charge is -2.37. The number of sulfonamides is 1. The first-order valence-corrected chi connectivity index (χ1v) is 9.69. The van der Waals surface area contributed by atoms with Gasteiger partial charge in [0.2, 0.25) is 15.9 Å². The first-order chi connectivity index (χ1) is 11.4. The van der Waals surface area contributed by atoms with Crippen LogP contribution in [-0.2, 0) is 10.0 Å². The van der Waals surface area contributed by atoms with Crippen molar-refractivity contribution in [2.24, 2.45) is 5.73 Å². The van der Waals surface area contributed by atoms with Crippen molar-refractivity contribution in [1.29, 1.82) is 0 Å². The fraction of sp³-hybridized carbons (Fsp3) is 0.562. The Kier molecular flexibility index (Phi) is 4.91. The molecular weight excluding hydrogens is 328 g/mol. The lowest BCUT2D eigenvalue weighted by atomic mass is 10.1. The Morgan fingerprint density at radius 1 is 1.25 bits per heavy atom. The molecule has 1 amide bonds. The molecule has 3 rings (SSSR count). The number of nitrogens with zero attached hydrogens (tertiary/aromatic N) is 2. The van der Waals surface area contributed by atoms with Crippen molar-refractivity contribution in [2.45, 2.75) is 24.3 Å². The number of nitrogens with two attached hydrogens (primary N) is 1. The molecule has 2 heterocycles. The summed E-state index contributed by atoms with van der Waals surface area (Å²) in [7, 11) is -3.60. The molecule has 0 bridgehead atoms. The lowest BCUT2D eigenvalue weighted by molar-refractivity contribution is 0.0999. The predicted molar refractivity (Wildman–Crippen MR) is 91.3 cm³/mol. The minimum atomic E-state index is -3.60. The lowest BCUT2D eigenvalue weighted by Crippen LogP contribution is -2.52. The van der Waals surface area contributed by atoms with E-state index in [1.165, 1.54) is 10.4 Å². The molecule has 0 aliphatic carbocycles. The van der Waals surface area contributed by atoms with E-state index in [-0.39, 0.29) is 10.5 Å². The second kappa shape index (κ2) is 6.79. The Balaban J connectivity index is 1.74. The summed E-state index contributed by atoms with van der Waals surface area (Å²) in [4.78, 5) is 14.0. The Labute approximate surface area is 142 Å². The predicted octanol–water partition coefficient (Wildman–Crippen LogP) is -0.238. The number of hydrogen-bond donors (Lipinski definition) is 2. The van der Waals surface area contributed by atoms with Gasteiger partial charge in [0.1, 0.15) is 0 Å². The van der Waals surface area contributed by atoms with Crippen molar-refractivity contribution in [1.82, 2.24) is 14.5 Å². The van der Waals surface area contributed by atoms with Gasteiger partial charge in [-0.2, -0.15) is 4.31 Å². The van der Waals surface area contributed by atoms with Gasteiger partial charge in [0, 0.05) is 44.3 Å². The number of nitrogens with one attached hydrogen (secondary N) is 1. The monoisotopic (exact) mass is 352 g/mol. The third kappa shape index (κ3) is 3.32. The molecule has 132 valence electrons. The van der Waals surface area contributed by atoms with Gasteiger partial charge >= 0.3 is 0 Å². The van der Waals surface area contributed by atoms with Crippen LogP contribution in [0, 0.1) is 6.92 Å². The van der Waals surface area contributed by atoms with Crippen LogP contribution < -0.4 is 11.1 Å². The summed E-state index contributed by atoms with van der Waals surface area (Å²) in [6, 6.07) is 5.08. The van der Waals surface area contributed by atoms with E-state index in [1.807, 2.05) is 0 Å². The van der Waals surface area contributed by atoms with Crippen LogP contribution in [0.4, 0.5) is 0 Å². The van der Waals surface area contributed by atoms with Gasteiger partial charge in [-0.05, 0) is 37.6 Å². The van der Waals surface area contributed by atoms with Crippen molar-refractivity contribution >= 4 is 15.9 Å². The van der Waals surface area contributed by atoms with Gasteiger partial charge in [0.15, 0.2) is 0 Å². The molecule has 1 aromatic carbocycles. The zero-order valence-corrected chi connectivity index (χ0v) is 14.7. The van der Waals surface area contributed by atoms with Crippen LogP contribution in [-0.4, -0.2) is 68.8 Å². The maximum Gasteiger partial charge on any atom is 0.249 e. The van der Waals surface area contributed by atoms with E-state index >= 15 is 0 Å². The normalized spacial score (nSPS) is 23.5. The maximum atomic E-state index is 12.8. The minimum Gasteiger partial charge on any atom is -0.366 e. The Morgan fingerprint density at radius 2 is 1.96 bits per heavy atom. The summed E-state index contributed by atoms with van der Waals surface area (Å²) < 4.78 is 27.2. The molecule has 24 heavy (non-hydrogen) atoms. The number of rotatable bonds is 4. The molecule has 1 unspecified atom stereocenters. The highest BCUT2D eigenvalue weighted by molar-refractivity contribution is 7.89. The summed E-state index contributed by atoms with van der Waals surface area (Å²) in [6.07, 6.45) is 1.12. The van der Waals surface area contributed by atoms with Crippen LogP contribution in [0.15, 0.2) is 23.1 Å². The molecule has 0 spiro atoms. The van der Waals surface area contributed by atoms with Crippen LogP contribution in [0.5, 0.6) is 0 Å². The van der Waals surface area contributed by atoms with Crippen molar-refractivity contribution < 1.29 is 13.2 Å². The van der Waals surface area contributed by atoms with Crippen molar-refractivity contribution in [3.05, 3.63) is 29.3 Å². The molecule has 1 atom stereocenters. The smallest absolute Gasteiger partial charge is 0.249 e. The number of piperazine rings is 1. The van der Waals surface area contributed by atoms with E-state index in [1.54, 1.807) is 19.1 Å². The molecule has 1 aromatic rings. The number of aryl methyl sites for hydroxylation is 1. The quantitative estimate of drug-likeness (QED) is 0.780. The molecule has 3 N–H and O–H groups in total. The zero-order chi connectivity index (χ0) is 17.3. The van der Waals surface area contributed by atoms with Crippen LogP contribution in [0.2, 0.25) is 0 Å². The molecule has 0 saturated carbocycles. The highest BCUT2D eigenvalue weighted by Crippen LogP contribution is 2.22. The third-order valence-corrected chi connectivity index (χ3v) is 6.83. The van der Waals surface area contributed by atoms with Gasteiger partial charge < -0.3 is 11.1 Å². The second-order valence-corrected chi connectivity index (χ2v) is 8.37. The van der Waals surface area contributed by atoms with Gasteiger partial charge in [-0.1, -0.05) is 6.07 Å².